The Morgan fingerprint density at radius 2 is 1.65 bits per heavy atom. The molecule has 2 unspecified atom stereocenters. The van der Waals surface area contributed by atoms with Crippen LogP contribution in [0.1, 0.15) is 59.8 Å². The topological polar surface area (TPSA) is 15.3 Å². The molecule has 17 heavy (non-hydrogen) atoms. The highest BCUT2D eigenvalue weighted by molar-refractivity contribution is 4.78. The van der Waals surface area contributed by atoms with Crippen LogP contribution < -0.4 is 5.32 Å². The highest BCUT2D eigenvalue weighted by Crippen LogP contribution is 2.18. The van der Waals surface area contributed by atoms with E-state index >= 15 is 0 Å². The van der Waals surface area contributed by atoms with E-state index in [9.17, 15) is 0 Å². The third-order valence-corrected chi connectivity index (χ3v) is 4.26. The fraction of sp³-hybridized carbons (Fsp3) is 1.00. The predicted molar refractivity (Wildman–Crippen MR) is 76.4 cm³/mol. The van der Waals surface area contributed by atoms with E-state index in [0.29, 0.717) is 12.1 Å². The van der Waals surface area contributed by atoms with E-state index in [1.807, 2.05) is 0 Å². The van der Waals surface area contributed by atoms with Crippen LogP contribution in [0.15, 0.2) is 0 Å². The van der Waals surface area contributed by atoms with Crippen molar-refractivity contribution in [1.29, 1.82) is 0 Å². The molecule has 0 aromatic rings. The van der Waals surface area contributed by atoms with Crippen molar-refractivity contribution in [3.63, 3.8) is 0 Å². The van der Waals surface area contributed by atoms with Gasteiger partial charge in [-0.25, -0.2) is 0 Å². The quantitative estimate of drug-likeness (QED) is 0.735. The van der Waals surface area contributed by atoms with Crippen LogP contribution >= 0.6 is 0 Å². The maximum absolute atomic E-state index is 3.73. The average Bonchev–Trinajstić information content (AvgIpc) is 2.76. The summed E-state index contributed by atoms with van der Waals surface area (Å²) in [5.41, 5.74) is 0. The third-order valence-electron chi connectivity index (χ3n) is 4.26. The fourth-order valence-electron chi connectivity index (χ4n) is 2.89. The summed E-state index contributed by atoms with van der Waals surface area (Å²) in [6.45, 7) is 10.5. The second kappa shape index (κ2) is 7.38. The molecule has 2 atom stereocenters. The predicted octanol–water partition coefficient (Wildman–Crippen LogP) is 3.27. The van der Waals surface area contributed by atoms with Gasteiger partial charge in [0.25, 0.3) is 0 Å². The van der Waals surface area contributed by atoms with Crippen LogP contribution in [-0.4, -0.2) is 36.6 Å². The van der Waals surface area contributed by atoms with Gasteiger partial charge in [0, 0.05) is 24.7 Å². The Labute approximate surface area is 108 Å². The summed E-state index contributed by atoms with van der Waals surface area (Å²) in [6, 6.07) is 2.13. The number of nitrogens with one attached hydrogen (secondary N) is 1. The lowest BCUT2D eigenvalue weighted by atomic mass is 10.0. The maximum atomic E-state index is 3.73. The van der Waals surface area contributed by atoms with E-state index in [2.05, 4.69) is 45.0 Å². The number of rotatable bonds is 7. The first kappa shape index (κ1) is 15.0. The van der Waals surface area contributed by atoms with E-state index in [-0.39, 0.29) is 0 Å². The molecule has 2 nitrogen and oxygen atoms in total. The Morgan fingerprint density at radius 3 is 2.18 bits per heavy atom. The van der Waals surface area contributed by atoms with Crippen molar-refractivity contribution in [3.05, 3.63) is 0 Å². The molecule has 1 aliphatic carbocycles. The summed E-state index contributed by atoms with van der Waals surface area (Å²) in [5.74, 6) is 0.794. The SMILES string of the molecule is CC(C)CC(C)N(C)C(C)CNC1CCCC1. The third kappa shape index (κ3) is 5.39. The van der Waals surface area contributed by atoms with Crippen molar-refractivity contribution in [3.8, 4) is 0 Å². The molecule has 0 amide bonds. The minimum Gasteiger partial charge on any atom is -0.312 e. The molecule has 0 heterocycles. The molecular weight excluding hydrogens is 208 g/mol. The van der Waals surface area contributed by atoms with Gasteiger partial charge in [0.15, 0.2) is 0 Å². The zero-order valence-electron chi connectivity index (χ0n) is 12.5. The molecule has 2 heteroatoms. The van der Waals surface area contributed by atoms with E-state index in [1.54, 1.807) is 0 Å². The second-order valence-electron chi connectivity index (χ2n) is 6.38. The van der Waals surface area contributed by atoms with Crippen LogP contribution in [0.25, 0.3) is 0 Å². The van der Waals surface area contributed by atoms with Crippen molar-refractivity contribution < 1.29 is 0 Å². The molecule has 1 aliphatic rings. The molecule has 1 fully saturated rings. The molecule has 1 N–H and O–H groups in total. The Balaban J connectivity index is 2.22. The van der Waals surface area contributed by atoms with Gasteiger partial charge in [-0.3, -0.25) is 4.90 Å². The fourth-order valence-corrected chi connectivity index (χ4v) is 2.89. The Hall–Kier alpha value is -0.0800. The van der Waals surface area contributed by atoms with Crippen LogP contribution in [0.5, 0.6) is 0 Å². The highest BCUT2D eigenvalue weighted by Gasteiger charge is 2.19. The van der Waals surface area contributed by atoms with Crippen LogP contribution in [0.4, 0.5) is 0 Å². The summed E-state index contributed by atoms with van der Waals surface area (Å²) in [7, 11) is 2.27. The minimum atomic E-state index is 0.643. The molecule has 0 bridgehead atoms. The maximum Gasteiger partial charge on any atom is 0.0192 e. The Bertz CT molecular complexity index is 197. The zero-order valence-corrected chi connectivity index (χ0v) is 12.5. The lowest BCUT2D eigenvalue weighted by molar-refractivity contribution is 0.169. The van der Waals surface area contributed by atoms with Gasteiger partial charge in [-0.15, -0.1) is 0 Å². The van der Waals surface area contributed by atoms with Crippen molar-refractivity contribution in [2.24, 2.45) is 5.92 Å². The van der Waals surface area contributed by atoms with E-state index in [0.717, 1.165) is 18.5 Å². The number of likely N-dealkylation sites (N-methyl/N-ethyl adjacent to an activating group) is 1. The largest absolute Gasteiger partial charge is 0.312 e. The van der Waals surface area contributed by atoms with Crippen LogP contribution in [-0.2, 0) is 0 Å². The smallest absolute Gasteiger partial charge is 0.0192 e. The molecule has 1 saturated carbocycles. The van der Waals surface area contributed by atoms with Crippen molar-refractivity contribution >= 4 is 0 Å². The van der Waals surface area contributed by atoms with Gasteiger partial charge in [-0.1, -0.05) is 26.7 Å². The Morgan fingerprint density at radius 1 is 1.06 bits per heavy atom. The van der Waals surface area contributed by atoms with Gasteiger partial charge in [-0.05, 0) is 46.1 Å². The van der Waals surface area contributed by atoms with E-state index in [1.165, 1.54) is 32.1 Å². The van der Waals surface area contributed by atoms with Gasteiger partial charge >= 0.3 is 0 Å². The molecule has 102 valence electrons. The van der Waals surface area contributed by atoms with Crippen LogP contribution in [0, 0.1) is 5.92 Å². The number of nitrogens with zero attached hydrogens (tertiary/aromatic N) is 1. The molecule has 0 spiro atoms. The first-order chi connectivity index (χ1) is 8.00. The van der Waals surface area contributed by atoms with Crippen molar-refractivity contribution in [1.82, 2.24) is 10.2 Å². The molecule has 0 aromatic heterocycles. The second-order valence-corrected chi connectivity index (χ2v) is 6.38. The normalized spacial score (nSPS) is 21.4. The summed E-state index contributed by atoms with van der Waals surface area (Å²) in [4.78, 5) is 2.53. The number of hydrogen-bond acceptors (Lipinski definition) is 2. The van der Waals surface area contributed by atoms with E-state index in [4.69, 9.17) is 0 Å². The first-order valence-electron chi connectivity index (χ1n) is 7.46. The first-order valence-corrected chi connectivity index (χ1v) is 7.46. The molecule has 0 aliphatic heterocycles. The standard InChI is InChI=1S/C15H32N2/c1-12(2)10-13(3)17(5)14(4)11-16-15-8-6-7-9-15/h12-16H,6-11H2,1-5H3. The highest BCUT2D eigenvalue weighted by atomic mass is 15.2. The Kier molecular flexibility index (Phi) is 6.50. The van der Waals surface area contributed by atoms with Crippen LogP contribution in [0.2, 0.25) is 0 Å². The molecule has 0 aromatic carbocycles. The molecule has 0 saturated heterocycles. The van der Waals surface area contributed by atoms with Gasteiger partial charge in [-0.2, -0.15) is 0 Å². The lowest BCUT2D eigenvalue weighted by Crippen LogP contribution is -2.45. The van der Waals surface area contributed by atoms with Gasteiger partial charge in [0.1, 0.15) is 0 Å². The van der Waals surface area contributed by atoms with Gasteiger partial charge in [0.05, 0.1) is 0 Å². The summed E-state index contributed by atoms with van der Waals surface area (Å²) in [6.07, 6.45) is 6.91. The monoisotopic (exact) mass is 240 g/mol. The molecule has 1 rings (SSSR count). The van der Waals surface area contributed by atoms with Crippen molar-refractivity contribution in [2.75, 3.05) is 13.6 Å². The zero-order chi connectivity index (χ0) is 12.8. The van der Waals surface area contributed by atoms with Crippen LogP contribution in [0.3, 0.4) is 0 Å². The summed E-state index contributed by atoms with van der Waals surface area (Å²) in [5, 5.41) is 3.73. The molecule has 0 radical (unpaired) electrons. The minimum absolute atomic E-state index is 0.643. The summed E-state index contributed by atoms with van der Waals surface area (Å²) >= 11 is 0. The summed E-state index contributed by atoms with van der Waals surface area (Å²) < 4.78 is 0. The van der Waals surface area contributed by atoms with Crippen molar-refractivity contribution in [2.45, 2.75) is 77.9 Å². The van der Waals surface area contributed by atoms with E-state index < -0.39 is 0 Å². The van der Waals surface area contributed by atoms with Gasteiger partial charge in [0.2, 0.25) is 0 Å². The number of hydrogen-bond donors (Lipinski definition) is 1. The molecular formula is C15H32N2. The average molecular weight is 240 g/mol. The van der Waals surface area contributed by atoms with Gasteiger partial charge < -0.3 is 5.32 Å². The lowest BCUT2D eigenvalue weighted by Gasteiger charge is -2.32.